The maximum absolute atomic E-state index is 12.4. The van der Waals surface area contributed by atoms with Crippen LogP contribution < -0.4 is 10.2 Å². The molecule has 2 atom stereocenters. The number of aromatic nitrogens is 1. The van der Waals surface area contributed by atoms with Crippen molar-refractivity contribution in [2.75, 3.05) is 38.6 Å². The normalized spacial score (nSPS) is 24.5. The molecule has 0 unspecified atom stereocenters. The van der Waals surface area contributed by atoms with E-state index in [2.05, 4.69) is 34.6 Å². The number of thiazole rings is 1. The minimum absolute atomic E-state index is 0.182. The maximum Gasteiger partial charge on any atom is 0.223 e. The Balaban J connectivity index is 1.42. The Bertz CT molecular complexity index is 539. The second-order valence-corrected chi connectivity index (χ2v) is 8.17. The summed E-state index contributed by atoms with van der Waals surface area (Å²) in [6, 6.07) is 0.552. The molecule has 1 aromatic rings. The molecule has 0 radical (unpaired) electrons. The molecule has 2 heterocycles. The van der Waals surface area contributed by atoms with Crippen molar-refractivity contribution in [1.29, 1.82) is 0 Å². The number of anilines is 1. The van der Waals surface area contributed by atoms with Crippen LogP contribution in [-0.4, -0.2) is 55.6 Å². The largest absolute Gasteiger partial charge is 0.355 e. The lowest BCUT2D eigenvalue weighted by Gasteiger charge is -2.32. The van der Waals surface area contributed by atoms with Crippen molar-refractivity contribution in [3.63, 3.8) is 0 Å². The van der Waals surface area contributed by atoms with Crippen molar-refractivity contribution in [3.8, 4) is 0 Å². The molecule has 24 heavy (non-hydrogen) atoms. The van der Waals surface area contributed by atoms with Gasteiger partial charge in [0.1, 0.15) is 0 Å². The number of nitrogens with one attached hydrogen (secondary N) is 1. The van der Waals surface area contributed by atoms with Gasteiger partial charge in [-0.05, 0) is 46.2 Å². The van der Waals surface area contributed by atoms with Crippen molar-refractivity contribution in [2.45, 2.75) is 51.0 Å². The Kier molecular flexibility index (Phi) is 6.11. The first-order valence-electron chi connectivity index (χ1n) is 9.27. The van der Waals surface area contributed by atoms with Gasteiger partial charge < -0.3 is 15.1 Å². The molecule has 0 spiro atoms. The van der Waals surface area contributed by atoms with Crippen LogP contribution in [0.25, 0.3) is 0 Å². The molecule has 0 bridgehead atoms. The van der Waals surface area contributed by atoms with Gasteiger partial charge >= 0.3 is 0 Å². The van der Waals surface area contributed by atoms with Crippen molar-refractivity contribution < 1.29 is 4.79 Å². The molecule has 5 nitrogen and oxygen atoms in total. The summed E-state index contributed by atoms with van der Waals surface area (Å²) < 4.78 is 0. The predicted molar refractivity (Wildman–Crippen MR) is 99.7 cm³/mol. The standard InChI is InChI=1S/C18H30N4OS/c1-21(2)16-7-5-6-14(12-16)17(23)19-9-8-15-13-24-18(20-15)22-10-3-4-11-22/h13-14,16H,3-12H2,1-2H3,(H,19,23)/t14-,16+/m0/s1. The van der Waals surface area contributed by atoms with Crippen LogP contribution in [0.15, 0.2) is 5.38 Å². The monoisotopic (exact) mass is 350 g/mol. The predicted octanol–water partition coefficient (Wildman–Crippen LogP) is 2.52. The van der Waals surface area contributed by atoms with Gasteiger partial charge in [0.2, 0.25) is 5.91 Å². The first-order chi connectivity index (χ1) is 11.6. The fraction of sp³-hybridized carbons (Fsp3) is 0.778. The molecule has 1 aromatic heterocycles. The number of carbonyl (C=O) groups excluding carboxylic acids is 1. The van der Waals surface area contributed by atoms with Crippen LogP contribution in [0.2, 0.25) is 0 Å². The Hall–Kier alpha value is -1.14. The van der Waals surface area contributed by atoms with Gasteiger partial charge in [0, 0.05) is 43.4 Å². The molecule has 134 valence electrons. The lowest BCUT2D eigenvalue weighted by atomic mass is 9.84. The van der Waals surface area contributed by atoms with Crippen LogP contribution in [0.4, 0.5) is 5.13 Å². The second-order valence-electron chi connectivity index (χ2n) is 7.34. The van der Waals surface area contributed by atoms with E-state index in [1.165, 1.54) is 19.3 Å². The molecule has 1 aliphatic carbocycles. The lowest BCUT2D eigenvalue weighted by Crippen LogP contribution is -2.40. The average Bonchev–Trinajstić information content (AvgIpc) is 3.26. The third-order valence-electron chi connectivity index (χ3n) is 5.34. The molecule has 1 N–H and O–H groups in total. The summed E-state index contributed by atoms with van der Waals surface area (Å²) in [7, 11) is 4.23. The van der Waals surface area contributed by atoms with Crippen molar-refractivity contribution in [3.05, 3.63) is 11.1 Å². The molecular formula is C18H30N4OS. The third kappa shape index (κ3) is 4.48. The van der Waals surface area contributed by atoms with Gasteiger partial charge in [0.15, 0.2) is 5.13 Å². The van der Waals surface area contributed by atoms with Gasteiger partial charge in [0.05, 0.1) is 5.69 Å². The molecule has 2 aliphatic rings. The zero-order valence-electron chi connectivity index (χ0n) is 15.0. The van der Waals surface area contributed by atoms with Crippen LogP contribution in [-0.2, 0) is 11.2 Å². The van der Waals surface area contributed by atoms with Crippen LogP contribution >= 0.6 is 11.3 Å². The number of carbonyl (C=O) groups is 1. The summed E-state index contributed by atoms with van der Waals surface area (Å²) in [6.45, 7) is 2.97. The number of nitrogens with zero attached hydrogens (tertiary/aromatic N) is 3. The van der Waals surface area contributed by atoms with Gasteiger partial charge in [-0.2, -0.15) is 0 Å². The maximum atomic E-state index is 12.4. The molecule has 1 saturated heterocycles. The highest BCUT2D eigenvalue weighted by molar-refractivity contribution is 7.13. The van der Waals surface area contributed by atoms with Crippen molar-refractivity contribution in [2.24, 2.45) is 5.92 Å². The third-order valence-corrected chi connectivity index (χ3v) is 6.29. The molecule has 0 aromatic carbocycles. The minimum atomic E-state index is 0.182. The van der Waals surface area contributed by atoms with Gasteiger partial charge in [-0.3, -0.25) is 4.79 Å². The van der Waals surface area contributed by atoms with Crippen LogP contribution in [0.1, 0.15) is 44.2 Å². The van der Waals surface area contributed by atoms with E-state index in [-0.39, 0.29) is 11.8 Å². The number of amides is 1. The van der Waals surface area contributed by atoms with E-state index >= 15 is 0 Å². The SMILES string of the molecule is CN(C)[C@@H]1CCC[C@H](C(=O)NCCc2csc(N3CCCC3)n2)C1. The summed E-state index contributed by atoms with van der Waals surface area (Å²) >= 11 is 1.73. The van der Waals surface area contributed by atoms with E-state index in [4.69, 9.17) is 4.98 Å². The topological polar surface area (TPSA) is 48.5 Å². The summed E-state index contributed by atoms with van der Waals surface area (Å²) in [5.41, 5.74) is 1.11. The molecule has 1 saturated carbocycles. The van der Waals surface area contributed by atoms with Gasteiger partial charge in [-0.15, -0.1) is 11.3 Å². The quantitative estimate of drug-likeness (QED) is 0.856. The van der Waals surface area contributed by atoms with Crippen LogP contribution in [0.5, 0.6) is 0 Å². The minimum Gasteiger partial charge on any atom is -0.355 e. The molecule has 1 amide bonds. The van der Waals surface area contributed by atoms with E-state index in [0.29, 0.717) is 12.6 Å². The lowest BCUT2D eigenvalue weighted by molar-refractivity contribution is -0.126. The van der Waals surface area contributed by atoms with Crippen molar-refractivity contribution in [1.82, 2.24) is 15.2 Å². The van der Waals surface area contributed by atoms with Crippen LogP contribution in [0.3, 0.4) is 0 Å². The first-order valence-corrected chi connectivity index (χ1v) is 10.1. The van der Waals surface area contributed by atoms with Crippen LogP contribution in [0, 0.1) is 5.92 Å². The Morgan fingerprint density at radius 1 is 1.33 bits per heavy atom. The summed E-state index contributed by atoms with van der Waals surface area (Å²) in [5, 5.41) is 6.42. The molecule has 2 fully saturated rings. The van der Waals surface area contributed by atoms with Crippen molar-refractivity contribution >= 4 is 22.4 Å². The highest BCUT2D eigenvalue weighted by Crippen LogP contribution is 2.27. The fourth-order valence-electron chi connectivity index (χ4n) is 3.79. The van der Waals surface area contributed by atoms with E-state index in [1.807, 2.05) is 0 Å². The molecule has 6 heteroatoms. The van der Waals surface area contributed by atoms with E-state index in [1.54, 1.807) is 11.3 Å². The van der Waals surface area contributed by atoms with Gasteiger partial charge in [-0.1, -0.05) is 6.42 Å². The summed E-state index contributed by atoms with van der Waals surface area (Å²) in [4.78, 5) is 21.8. The highest BCUT2D eigenvalue weighted by Gasteiger charge is 2.28. The van der Waals surface area contributed by atoms with E-state index in [0.717, 1.165) is 49.6 Å². The highest BCUT2D eigenvalue weighted by atomic mass is 32.1. The number of hydrogen-bond donors (Lipinski definition) is 1. The smallest absolute Gasteiger partial charge is 0.223 e. The molecular weight excluding hydrogens is 320 g/mol. The summed E-state index contributed by atoms with van der Waals surface area (Å²) in [6.07, 6.45) is 7.79. The van der Waals surface area contributed by atoms with Gasteiger partial charge in [-0.25, -0.2) is 4.98 Å². The average molecular weight is 351 g/mol. The first kappa shape index (κ1) is 17.7. The number of hydrogen-bond acceptors (Lipinski definition) is 5. The summed E-state index contributed by atoms with van der Waals surface area (Å²) in [5.74, 6) is 0.415. The van der Waals surface area contributed by atoms with E-state index < -0.39 is 0 Å². The van der Waals surface area contributed by atoms with Gasteiger partial charge in [0.25, 0.3) is 0 Å². The zero-order chi connectivity index (χ0) is 16.9. The molecule has 3 rings (SSSR count). The Morgan fingerprint density at radius 3 is 2.88 bits per heavy atom. The second kappa shape index (κ2) is 8.30. The number of rotatable bonds is 6. The van der Waals surface area contributed by atoms with E-state index in [9.17, 15) is 4.79 Å². The Labute approximate surface area is 149 Å². The zero-order valence-corrected chi connectivity index (χ0v) is 15.8. The molecule has 1 aliphatic heterocycles. The Morgan fingerprint density at radius 2 is 2.12 bits per heavy atom. The fourth-order valence-corrected chi connectivity index (χ4v) is 4.71.